The van der Waals surface area contributed by atoms with Crippen molar-refractivity contribution in [1.29, 1.82) is 0 Å². The number of hydrogen-bond donors (Lipinski definition) is 2. The fraction of sp³-hybridized carbons (Fsp3) is 0.417. The van der Waals surface area contributed by atoms with Crippen molar-refractivity contribution in [1.82, 2.24) is 15.5 Å². The van der Waals surface area contributed by atoms with Crippen LogP contribution in [0.2, 0.25) is 0 Å². The molecule has 0 aliphatic heterocycles. The minimum atomic E-state index is -0.111. The highest BCUT2D eigenvalue weighted by Gasteiger charge is 2.10. The van der Waals surface area contributed by atoms with E-state index < -0.39 is 0 Å². The number of guanidine groups is 1. The first-order valence-electron chi connectivity index (χ1n) is 10.6. The van der Waals surface area contributed by atoms with Crippen molar-refractivity contribution in [2.75, 3.05) is 40.8 Å². The fourth-order valence-electron chi connectivity index (χ4n) is 2.98. The van der Waals surface area contributed by atoms with Crippen LogP contribution < -0.4 is 20.1 Å². The summed E-state index contributed by atoms with van der Waals surface area (Å²) in [6.07, 6.45) is 0.673. The van der Waals surface area contributed by atoms with Crippen LogP contribution in [-0.2, 0) is 6.42 Å². The zero-order valence-electron chi connectivity index (χ0n) is 19.1. The second-order valence-electron chi connectivity index (χ2n) is 7.38. The Labute approximate surface area is 185 Å². The summed E-state index contributed by atoms with van der Waals surface area (Å²) in [5.74, 6) is 2.16. The van der Waals surface area contributed by atoms with Gasteiger partial charge in [0.25, 0.3) is 5.91 Å². The molecule has 2 aromatic rings. The van der Waals surface area contributed by atoms with Crippen LogP contribution in [-0.4, -0.2) is 63.7 Å². The van der Waals surface area contributed by atoms with Gasteiger partial charge >= 0.3 is 0 Å². The van der Waals surface area contributed by atoms with Gasteiger partial charge in [0.05, 0.1) is 13.7 Å². The molecule has 168 valence electrons. The number of carbonyl (C=O) groups excluding carboxylic acids is 1. The van der Waals surface area contributed by atoms with Gasteiger partial charge in [-0.1, -0.05) is 24.3 Å². The van der Waals surface area contributed by atoms with E-state index in [0.29, 0.717) is 30.2 Å². The van der Waals surface area contributed by atoms with Crippen molar-refractivity contribution in [2.45, 2.75) is 26.4 Å². The third-order valence-corrected chi connectivity index (χ3v) is 4.53. The molecule has 0 saturated heterocycles. The van der Waals surface area contributed by atoms with Gasteiger partial charge in [-0.3, -0.25) is 4.79 Å². The second-order valence-corrected chi connectivity index (χ2v) is 7.38. The van der Waals surface area contributed by atoms with Crippen molar-refractivity contribution in [3.05, 3.63) is 59.7 Å². The highest BCUT2D eigenvalue weighted by Crippen LogP contribution is 2.26. The molecule has 31 heavy (non-hydrogen) atoms. The lowest BCUT2D eigenvalue weighted by Gasteiger charge is -2.17. The molecule has 7 nitrogen and oxygen atoms in total. The highest BCUT2D eigenvalue weighted by atomic mass is 16.5. The molecule has 0 radical (unpaired) electrons. The molecule has 0 heterocycles. The number of ether oxygens (including phenoxy) is 2. The van der Waals surface area contributed by atoms with E-state index in [2.05, 4.69) is 15.6 Å². The number of nitrogens with one attached hydrogen (secondary N) is 2. The van der Waals surface area contributed by atoms with Crippen LogP contribution in [0.25, 0.3) is 0 Å². The summed E-state index contributed by atoms with van der Waals surface area (Å²) in [7, 11) is 5.15. The lowest BCUT2D eigenvalue weighted by molar-refractivity contribution is 0.0827. The molecule has 1 amide bonds. The van der Waals surface area contributed by atoms with Crippen LogP contribution in [0.15, 0.2) is 53.5 Å². The maximum atomic E-state index is 12.1. The average Bonchev–Trinajstić information content (AvgIpc) is 2.77. The molecule has 0 spiro atoms. The molecular formula is C24H34N4O3. The molecule has 1 unspecified atom stereocenters. The Morgan fingerprint density at radius 1 is 1.10 bits per heavy atom. The average molecular weight is 427 g/mol. The van der Waals surface area contributed by atoms with E-state index in [1.165, 1.54) is 0 Å². The van der Waals surface area contributed by atoms with Crippen LogP contribution in [0.1, 0.15) is 29.8 Å². The molecule has 2 aromatic carbocycles. The Kier molecular flexibility index (Phi) is 9.68. The maximum absolute atomic E-state index is 12.1. The first-order valence-corrected chi connectivity index (χ1v) is 10.6. The first-order chi connectivity index (χ1) is 14.9. The van der Waals surface area contributed by atoms with Crippen LogP contribution >= 0.6 is 0 Å². The number of aliphatic imine (C=N–C) groups is 1. The molecule has 0 fully saturated rings. The Morgan fingerprint density at radius 3 is 2.52 bits per heavy atom. The molecule has 1 atom stereocenters. The topological polar surface area (TPSA) is 75.2 Å². The van der Waals surface area contributed by atoms with Gasteiger partial charge in [-0.25, -0.2) is 4.99 Å². The number of rotatable bonds is 10. The predicted octanol–water partition coefficient (Wildman–Crippen LogP) is 2.96. The van der Waals surface area contributed by atoms with Crippen LogP contribution in [0, 0.1) is 0 Å². The number of para-hydroxylation sites is 2. The Hall–Kier alpha value is -3.22. The molecule has 0 aromatic heterocycles. The SMILES string of the molecule is CCNC(=NCC(C)Oc1ccccc1OC)NCCc1cccc(C(=O)N(C)C)c1. The summed E-state index contributed by atoms with van der Waals surface area (Å²) in [6.45, 7) is 5.98. The molecule has 2 N–H and O–H groups in total. The van der Waals surface area contributed by atoms with E-state index in [9.17, 15) is 4.79 Å². The number of hydrogen-bond acceptors (Lipinski definition) is 4. The number of amides is 1. The number of benzene rings is 2. The molecular weight excluding hydrogens is 392 g/mol. The molecule has 0 saturated carbocycles. The predicted molar refractivity (Wildman–Crippen MR) is 125 cm³/mol. The van der Waals surface area contributed by atoms with E-state index in [-0.39, 0.29) is 12.0 Å². The van der Waals surface area contributed by atoms with Crippen molar-refractivity contribution in [3.8, 4) is 11.5 Å². The first kappa shape index (κ1) is 24.1. The Bertz CT molecular complexity index is 867. The molecule has 0 aliphatic carbocycles. The summed E-state index contributed by atoms with van der Waals surface area (Å²) in [6, 6.07) is 15.3. The lowest BCUT2D eigenvalue weighted by atomic mass is 10.1. The van der Waals surface area contributed by atoms with E-state index >= 15 is 0 Å². The van der Waals surface area contributed by atoms with Gasteiger partial charge in [0.15, 0.2) is 17.5 Å². The van der Waals surface area contributed by atoms with Gasteiger partial charge in [-0.15, -0.1) is 0 Å². The molecule has 0 aliphatic rings. The number of methoxy groups -OCH3 is 1. The van der Waals surface area contributed by atoms with Crippen LogP contribution in [0.4, 0.5) is 0 Å². The summed E-state index contributed by atoms with van der Waals surface area (Å²) in [5.41, 5.74) is 1.80. The van der Waals surface area contributed by atoms with Gasteiger partial charge < -0.3 is 25.0 Å². The third-order valence-electron chi connectivity index (χ3n) is 4.53. The van der Waals surface area contributed by atoms with Crippen molar-refractivity contribution >= 4 is 11.9 Å². The van der Waals surface area contributed by atoms with Crippen LogP contribution in [0.5, 0.6) is 11.5 Å². The maximum Gasteiger partial charge on any atom is 0.253 e. The van der Waals surface area contributed by atoms with Gasteiger partial charge in [-0.2, -0.15) is 0 Å². The van der Waals surface area contributed by atoms with Gasteiger partial charge in [0.1, 0.15) is 6.10 Å². The van der Waals surface area contributed by atoms with E-state index in [1.807, 2.05) is 62.4 Å². The number of nitrogens with zero attached hydrogens (tertiary/aromatic N) is 2. The molecule has 7 heteroatoms. The van der Waals surface area contributed by atoms with Crippen molar-refractivity contribution in [3.63, 3.8) is 0 Å². The normalized spacial score (nSPS) is 12.1. The summed E-state index contributed by atoms with van der Waals surface area (Å²) < 4.78 is 11.3. The largest absolute Gasteiger partial charge is 0.493 e. The van der Waals surface area contributed by atoms with Crippen molar-refractivity contribution in [2.24, 2.45) is 4.99 Å². The van der Waals surface area contributed by atoms with E-state index in [4.69, 9.17) is 9.47 Å². The van der Waals surface area contributed by atoms with Crippen molar-refractivity contribution < 1.29 is 14.3 Å². The molecule has 2 rings (SSSR count). The summed E-state index contributed by atoms with van der Waals surface area (Å²) >= 11 is 0. The molecule has 0 bridgehead atoms. The van der Waals surface area contributed by atoms with E-state index in [0.717, 1.165) is 24.5 Å². The van der Waals surface area contributed by atoms with Gasteiger partial charge in [-0.05, 0) is 50.1 Å². The monoisotopic (exact) mass is 426 g/mol. The standard InChI is InChI=1S/C24H34N4O3/c1-6-25-24(27-17-18(2)31-22-13-8-7-12-21(22)30-5)26-15-14-19-10-9-11-20(16-19)23(29)28(3)4/h7-13,16,18H,6,14-15,17H2,1-5H3,(H2,25,26,27). The minimum absolute atomic E-state index is 0.00810. The minimum Gasteiger partial charge on any atom is -0.493 e. The van der Waals surface area contributed by atoms with Crippen LogP contribution in [0.3, 0.4) is 0 Å². The lowest BCUT2D eigenvalue weighted by Crippen LogP contribution is -2.39. The second kappa shape index (κ2) is 12.5. The zero-order valence-corrected chi connectivity index (χ0v) is 19.1. The third kappa shape index (κ3) is 7.85. The zero-order chi connectivity index (χ0) is 22.6. The highest BCUT2D eigenvalue weighted by molar-refractivity contribution is 5.94. The summed E-state index contributed by atoms with van der Waals surface area (Å²) in [5, 5.41) is 6.60. The van der Waals surface area contributed by atoms with E-state index in [1.54, 1.807) is 26.1 Å². The quantitative estimate of drug-likeness (QED) is 0.451. The summed E-state index contributed by atoms with van der Waals surface area (Å²) in [4.78, 5) is 18.4. The Balaban J connectivity index is 1.90. The smallest absolute Gasteiger partial charge is 0.253 e. The Morgan fingerprint density at radius 2 is 1.84 bits per heavy atom. The van der Waals surface area contributed by atoms with Gasteiger partial charge in [0, 0.05) is 32.7 Å². The number of carbonyl (C=O) groups is 1. The van der Waals surface area contributed by atoms with Gasteiger partial charge in [0.2, 0.25) is 0 Å². The fourth-order valence-corrected chi connectivity index (χ4v) is 2.98.